The minimum Gasteiger partial charge on any atom is -0.306 e. The molecule has 2 atom stereocenters. The summed E-state index contributed by atoms with van der Waals surface area (Å²) in [4.78, 5) is 4.56. The summed E-state index contributed by atoms with van der Waals surface area (Å²) >= 11 is 1.75. The molecule has 1 N–H and O–H groups in total. The van der Waals surface area contributed by atoms with Gasteiger partial charge in [-0.15, -0.1) is 11.3 Å². The maximum atomic E-state index is 4.56. The molecule has 0 bridgehead atoms. The molecule has 90 valence electrons. The van der Waals surface area contributed by atoms with Crippen molar-refractivity contribution in [1.82, 2.24) is 10.3 Å². The Kier molecular flexibility index (Phi) is 3.98. The van der Waals surface area contributed by atoms with Crippen molar-refractivity contribution in [2.24, 2.45) is 5.92 Å². The van der Waals surface area contributed by atoms with Crippen LogP contribution in [0.3, 0.4) is 0 Å². The second-order valence-corrected chi connectivity index (χ2v) is 5.97. The molecule has 0 aliphatic heterocycles. The molecule has 1 fully saturated rings. The van der Waals surface area contributed by atoms with Crippen molar-refractivity contribution < 1.29 is 0 Å². The number of hydrogen-bond donors (Lipinski definition) is 1. The zero-order valence-corrected chi connectivity index (χ0v) is 11.3. The van der Waals surface area contributed by atoms with Crippen LogP contribution in [-0.2, 0) is 0 Å². The quantitative estimate of drug-likeness (QED) is 0.817. The van der Waals surface area contributed by atoms with Gasteiger partial charge in [0.1, 0.15) is 0 Å². The van der Waals surface area contributed by atoms with E-state index in [4.69, 9.17) is 0 Å². The fraction of sp³-hybridized carbons (Fsp3) is 0.769. The van der Waals surface area contributed by atoms with Crippen LogP contribution in [0.1, 0.15) is 56.3 Å². The van der Waals surface area contributed by atoms with Crippen LogP contribution in [0.5, 0.6) is 0 Å². The highest BCUT2D eigenvalue weighted by Crippen LogP contribution is 2.35. The van der Waals surface area contributed by atoms with Gasteiger partial charge >= 0.3 is 0 Å². The van der Waals surface area contributed by atoms with E-state index in [0.717, 1.165) is 5.92 Å². The maximum absolute atomic E-state index is 4.56. The van der Waals surface area contributed by atoms with Gasteiger partial charge in [-0.25, -0.2) is 4.98 Å². The van der Waals surface area contributed by atoms with E-state index in [1.54, 1.807) is 11.3 Å². The summed E-state index contributed by atoms with van der Waals surface area (Å²) in [6, 6.07) is 1.11. The molecule has 0 saturated heterocycles. The van der Waals surface area contributed by atoms with Crippen LogP contribution < -0.4 is 5.32 Å². The summed E-state index contributed by atoms with van der Waals surface area (Å²) in [7, 11) is 0. The molecule has 16 heavy (non-hydrogen) atoms. The monoisotopic (exact) mass is 238 g/mol. The van der Waals surface area contributed by atoms with Crippen LogP contribution in [0.2, 0.25) is 0 Å². The van der Waals surface area contributed by atoms with Crippen molar-refractivity contribution in [1.29, 1.82) is 0 Å². The Morgan fingerprint density at radius 3 is 2.81 bits per heavy atom. The van der Waals surface area contributed by atoms with Crippen molar-refractivity contribution in [3.8, 4) is 0 Å². The van der Waals surface area contributed by atoms with E-state index in [2.05, 4.69) is 36.5 Å². The number of nitrogens with one attached hydrogen (secondary N) is 1. The van der Waals surface area contributed by atoms with E-state index in [0.29, 0.717) is 12.1 Å². The van der Waals surface area contributed by atoms with Crippen molar-refractivity contribution in [3.63, 3.8) is 0 Å². The van der Waals surface area contributed by atoms with E-state index in [9.17, 15) is 0 Å². The summed E-state index contributed by atoms with van der Waals surface area (Å²) in [6.07, 6.45) is 5.41. The average Bonchev–Trinajstić information content (AvgIpc) is 3.00. The van der Waals surface area contributed by atoms with Crippen LogP contribution in [0.15, 0.2) is 5.38 Å². The summed E-state index contributed by atoms with van der Waals surface area (Å²) in [5, 5.41) is 7.11. The summed E-state index contributed by atoms with van der Waals surface area (Å²) < 4.78 is 0. The SMILES string of the molecule is CCCC(NC(C)c1csc(C)n1)C1CC1. The van der Waals surface area contributed by atoms with Crippen LogP contribution in [0, 0.1) is 12.8 Å². The third-order valence-electron chi connectivity index (χ3n) is 3.34. The maximum Gasteiger partial charge on any atom is 0.0898 e. The van der Waals surface area contributed by atoms with Crippen molar-refractivity contribution in [3.05, 3.63) is 16.1 Å². The van der Waals surface area contributed by atoms with E-state index in [-0.39, 0.29) is 0 Å². The Bertz CT molecular complexity index is 330. The van der Waals surface area contributed by atoms with Crippen LogP contribution in [0.4, 0.5) is 0 Å². The zero-order valence-electron chi connectivity index (χ0n) is 10.5. The molecule has 0 aromatic carbocycles. The van der Waals surface area contributed by atoms with Gasteiger partial charge in [0, 0.05) is 17.5 Å². The highest BCUT2D eigenvalue weighted by atomic mass is 32.1. The van der Waals surface area contributed by atoms with E-state index in [1.165, 1.54) is 36.4 Å². The molecule has 2 rings (SSSR count). The molecule has 3 heteroatoms. The Morgan fingerprint density at radius 1 is 1.56 bits per heavy atom. The van der Waals surface area contributed by atoms with Gasteiger partial charge in [-0.2, -0.15) is 0 Å². The van der Waals surface area contributed by atoms with Gasteiger partial charge in [-0.05, 0) is 39.0 Å². The predicted octanol–water partition coefficient (Wildman–Crippen LogP) is 3.68. The largest absolute Gasteiger partial charge is 0.306 e. The van der Waals surface area contributed by atoms with Gasteiger partial charge in [0.25, 0.3) is 0 Å². The van der Waals surface area contributed by atoms with Gasteiger partial charge in [0.05, 0.1) is 10.7 Å². The van der Waals surface area contributed by atoms with Gasteiger partial charge in [0.2, 0.25) is 0 Å². The molecular weight excluding hydrogens is 216 g/mol. The Morgan fingerprint density at radius 2 is 2.31 bits per heavy atom. The molecule has 0 radical (unpaired) electrons. The Hall–Kier alpha value is -0.410. The first-order chi connectivity index (χ1) is 7.70. The van der Waals surface area contributed by atoms with E-state index < -0.39 is 0 Å². The highest BCUT2D eigenvalue weighted by Gasteiger charge is 2.31. The van der Waals surface area contributed by atoms with Crippen LogP contribution in [-0.4, -0.2) is 11.0 Å². The summed E-state index contributed by atoms with van der Waals surface area (Å²) in [5.41, 5.74) is 1.21. The van der Waals surface area contributed by atoms with E-state index in [1.807, 2.05) is 0 Å². The van der Waals surface area contributed by atoms with Gasteiger partial charge in [0.15, 0.2) is 0 Å². The van der Waals surface area contributed by atoms with Crippen LogP contribution >= 0.6 is 11.3 Å². The van der Waals surface area contributed by atoms with Gasteiger partial charge in [-0.1, -0.05) is 13.3 Å². The fourth-order valence-electron chi connectivity index (χ4n) is 2.25. The molecule has 2 nitrogen and oxygen atoms in total. The third kappa shape index (κ3) is 3.05. The van der Waals surface area contributed by atoms with Gasteiger partial charge < -0.3 is 5.32 Å². The van der Waals surface area contributed by atoms with Crippen molar-refractivity contribution in [2.75, 3.05) is 0 Å². The Balaban J connectivity index is 1.91. The van der Waals surface area contributed by atoms with Crippen molar-refractivity contribution in [2.45, 2.75) is 58.5 Å². The number of hydrogen-bond acceptors (Lipinski definition) is 3. The molecule has 0 spiro atoms. The summed E-state index contributed by atoms with van der Waals surface area (Å²) in [6.45, 7) is 6.58. The lowest BCUT2D eigenvalue weighted by Crippen LogP contribution is -2.33. The highest BCUT2D eigenvalue weighted by molar-refractivity contribution is 7.09. The first kappa shape index (κ1) is 12.1. The topological polar surface area (TPSA) is 24.9 Å². The molecule has 1 aliphatic rings. The zero-order chi connectivity index (χ0) is 11.5. The lowest BCUT2D eigenvalue weighted by atomic mass is 10.1. The fourth-order valence-corrected chi connectivity index (χ4v) is 2.96. The normalized spacial score (nSPS) is 19.7. The molecule has 1 aromatic rings. The minimum atomic E-state index is 0.405. The third-order valence-corrected chi connectivity index (χ3v) is 4.13. The molecule has 1 heterocycles. The number of nitrogens with zero attached hydrogens (tertiary/aromatic N) is 1. The smallest absolute Gasteiger partial charge is 0.0898 e. The summed E-state index contributed by atoms with van der Waals surface area (Å²) in [5.74, 6) is 0.933. The molecular formula is C13H22N2S. The number of rotatable bonds is 6. The number of aromatic nitrogens is 1. The van der Waals surface area contributed by atoms with Crippen molar-refractivity contribution >= 4 is 11.3 Å². The van der Waals surface area contributed by atoms with E-state index >= 15 is 0 Å². The minimum absolute atomic E-state index is 0.405. The lowest BCUT2D eigenvalue weighted by Gasteiger charge is -2.21. The molecule has 1 saturated carbocycles. The molecule has 1 aliphatic carbocycles. The predicted molar refractivity (Wildman–Crippen MR) is 69.8 cm³/mol. The lowest BCUT2D eigenvalue weighted by molar-refractivity contribution is 0.387. The number of aryl methyl sites for hydroxylation is 1. The second-order valence-electron chi connectivity index (χ2n) is 4.91. The average molecular weight is 238 g/mol. The molecule has 2 unspecified atom stereocenters. The first-order valence-electron chi connectivity index (χ1n) is 6.38. The second kappa shape index (κ2) is 5.28. The number of thiazole rings is 1. The standard InChI is InChI=1S/C13H22N2S/c1-4-5-12(11-6-7-11)14-9(2)13-8-16-10(3)15-13/h8-9,11-12,14H,4-7H2,1-3H3. The van der Waals surface area contributed by atoms with Crippen LogP contribution in [0.25, 0.3) is 0 Å². The molecule has 1 aromatic heterocycles. The Labute approximate surface area is 102 Å². The molecule has 0 amide bonds. The first-order valence-corrected chi connectivity index (χ1v) is 7.26. The van der Waals surface area contributed by atoms with Gasteiger partial charge in [-0.3, -0.25) is 0 Å².